The Morgan fingerprint density at radius 3 is 2.61 bits per heavy atom. The molecule has 0 fully saturated rings. The average molecular weight is 403 g/mol. The second-order valence-corrected chi connectivity index (χ2v) is 6.93. The van der Waals surface area contributed by atoms with E-state index in [2.05, 4.69) is 15.9 Å². The van der Waals surface area contributed by atoms with Gasteiger partial charge in [-0.1, -0.05) is 34.1 Å². The van der Waals surface area contributed by atoms with Crippen molar-refractivity contribution in [3.05, 3.63) is 58.8 Å². The highest BCUT2D eigenvalue weighted by atomic mass is 79.9. The minimum absolute atomic E-state index is 0.0257. The van der Waals surface area contributed by atoms with Crippen LogP contribution in [-0.4, -0.2) is 20.9 Å². The molecule has 0 saturated heterocycles. The van der Waals surface area contributed by atoms with Gasteiger partial charge in [0.15, 0.2) is 18.2 Å². The summed E-state index contributed by atoms with van der Waals surface area (Å²) in [4.78, 5) is 13.5. The van der Waals surface area contributed by atoms with Gasteiger partial charge in [-0.05, 0) is 30.3 Å². The van der Waals surface area contributed by atoms with E-state index in [1.54, 1.807) is 18.2 Å². The first-order valence-electron chi connectivity index (χ1n) is 6.32. The smallest absolute Gasteiger partial charge is 0.272 e. The third kappa shape index (κ3) is 5.02. The molecule has 2 aromatic carbocycles. The maximum Gasteiger partial charge on any atom is 0.272 e. The molecule has 122 valence electrons. The molecule has 0 spiro atoms. The summed E-state index contributed by atoms with van der Waals surface area (Å²) in [5.74, 6) is -1.49. The second kappa shape index (κ2) is 7.53. The number of carbonyl (C=O) groups excluding carboxylic acids is 1. The number of hydrazine groups is 1. The van der Waals surface area contributed by atoms with Crippen LogP contribution in [0.1, 0.15) is 0 Å². The van der Waals surface area contributed by atoms with Crippen LogP contribution in [0.2, 0.25) is 0 Å². The molecule has 0 aliphatic carbocycles. The van der Waals surface area contributed by atoms with Gasteiger partial charge in [-0.3, -0.25) is 10.2 Å². The summed E-state index contributed by atoms with van der Waals surface area (Å²) >= 11 is 3.16. The zero-order chi connectivity index (χ0) is 16.9. The third-order valence-electron chi connectivity index (χ3n) is 2.63. The molecule has 2 rings (SSSR count). The summed E-state index contributed by atoms with van der Waals surface area (Å²) in [5.41, 5.74) is 1.99. The van der Waals surface area contributed by atoms with Crippen LogP contribution in [0.3, 0.4) is 0 Å². The Kier molecular flexibility index (Phi) is 5.69. The lowest BCUT2D eigenvalue weighted by atomic mass is 10.3. The van der Waals surface area contributed by atoms with Crippen LogP contribution in [0, 0.1) is 5.82 Å². The fourth-order valence-corrected chi connectivity index (χ4v) is 3.02. The number of halogens is 2. The molecule has 9 heteroatoms. The van der Waals surface area contributed by atoms with Crippen molar-refractivity contribution in [1.29, 1.82) is 0 Å². The molecule has 0 saturated carbocycles. The summed E-state index contributed by atoms with van der Waals surface area (Å²) in [7, 11) is -3.91. The van der Waals surface area contributed by atoms with Gasteiger partial charge in [0.05, 0.1) is 4.90 Å². The molecule has 0 aliphatic heterocycles. The molecule has 6 nitrogen and oxygen atoms in total. The average Bonchev–Trinajstić information content (AvgIpc) is 2.52. The Labute approximate surface area is 140 Å². The van der Waals surface area contributed by atoms with Crippen molar-refractivity contribution >= 4 is 31.9 Å². The molecule has 0 bridgehead atoms. The molecule has 1 amide bonds. The molecule has 2 aromatic rings. The normalized spacial score (nSPS) is 11.0. The van der Waals surface area contributed by atoms with E-state index in [1.807, 2.05) is 10.3 Å². The number of carbonyl (C=O) groups is 1. The van der Waals surface area contributed by atoms with E-state index in [0.717, 1.165) is 0 Å². The van der Waals surface area contributed by atoms with Crippen molar-refractivity contribution < 1.29 is 22.3 Å². The first-order valence-corrected chi connectivity index (χ1v) is 8.59. The SMILES string of the molecule is O=C(COc1ccccc1F)NNS(=O)(=O)c1cccc(Br)c1. The Morgan fingerprint density at radius 1 is 1.17 bits per heavy atom. The van der Waals surface area contributed by atoms with E-state index in [4.69, 9.17) is 4.74 Å². The number of benzene rings is 2. The number of amides is 1. The van der Waals surface area contributed by atoms with Gasteiger partial charge in [-0.2, -0.15) is 0 Å². The van der Waals surface area contributed by atoms with Gasteiger partial charge >= 0.3 is 0 Å². The van der Waals surface area contributed by atoms with Crippen LogP contribution in [0.4, 0.5) is 4.39 Å². The van der Waals surface area contributed by atoms with Crippen molar-refractivity contribution in [2.75, 3.05) is 6.61 Å². The van der Waals surface area contributed by atoms with E-state index in [1.165, 1.54) is 30.3 Å². The number of hydrogen-bond acceptors (Lipinski definition) is 4. The first-order chi connectivity index (χ1) is 10.9. The topological polar surface area (TPSA) is 84.5 Å². The highest BCUT2D eigenvalue weighted by molar-refractivity contribution is 9.10. The highest BCUT2D eigenvalue weighted by Gasteiger charge is 2.15. The predicted octanol–water partition coefficient (Wildman–Crippen LogP) is 1.98. The van der Waals surface area contributed by atoms with Gasteiger partial charge in [-0.15, -0.1) is 4.83 Å². The molecule has 2 N–H and O–H groups in total. The van der Waals surface area contributed by atoms with Crippen LogP contribution in [0.25, 0.3) is 0 Å². The minimum atomic E-state index is -3.91. The number of ether oxygens (including phenoxy) is 1. The van der Waals surface area contributed by atoms with E-state index < -0.39 is 28.4 Å². The summed E-state index contributed by atoms with van der Waals surface area (Å²) in [5, 5.41) is 0. The third-order valence-corrected chi connectivity index (χ3v) is 4.37. The van der Waals surface area contributed by atoms with Crippen molar-refractivity contribution in [3.8, 4) is 5.75 Å². The second-order valence-electron chi connectivity index (χ2n) is 4.33. The monoisotopic (exact) mass is 402 g/mol. The van der Waals surface area contributed by atoms with E-state index in [-0.39, 0.29) is 10.6 Å². The van der Waals surface area contributed by atoms with Gasteiger partial charge in [0.2, 0.25) is 0 Å². The van der Waals surface area contributed by atoms with Crippen LogP contribution in [0.5, 0.6) is 5.75 Å². The summed E-state index contributed by atoms with van der Waals surface area (Å²) in [6, 6.07) is 11.5. The zero-order valence-corrected chi connectivity index (χ0v) is 14.0. The maximum atomic E-state index is 13.3. The fourth-order valence-electron chi connectivity index (χ4n) is 1.56. The molecular weight excluding hydrogens is 391 g/mol. The quantitative estimate of drug-likeness (QED) is 0.723. The molecule has 0 radical (unpaired) electrons. The van der Waals surface area contributed by atoms with E-state index in [9.17, 15) is 17.6 Å². The molecule has 0 heterocycles. The number of hydrogen-bond donors (Lipinski definition) is 2. The first kappa shape index (κ1) is 17.4. The van der Waals surface area contributed by atoms with Crippen LogP contribution in [0.15, 0.2) is 57.9 Å². The fraction of sp³-hybridized carbons (Fsp3) is 0.0714. The highest BCUT2D eigenvalue weighted by Crippen LogP contribution is 2.16. The number of para-hydroxylation sites is 1. The maximum absolute atomic E-state index is 13.3. The van der Waals surface area contributed by atoms with Crippen molar-refractivity contribution in [1.82, 2.24) is 10.3 Å². The number of rotatable bonds is 6. The molecule has 0 aromatic heterocycles. The lowest BCUT2D eigenvalue weighted by Crippen LogP contribution is -2.43. The Hall–Kier alpha value is -1.97. The van der Waals surface area contributed by atoms with Crippen molar-refractivity contribution in [2.45, 2.75) is 4.90 Å². The zero-order valence-electron chi connectivity index (χ0n) is 11.6. The Balaban J connectivity index is 1.90. The molecule has 0 atom stereocenters. The lowest BCUT2D eigenvalue weighted by molar-refractivity contribution is -0.123. The predicted molar refractivity (Wildman–Crippen MR) is 84.5 cm³/mol. The van der Waals surface area contributed by atoms with Gasteiger partial charge in [-0.25, -0.2) is 12.8 Å². The van der Waals surface area contributed by atoms with Gasteiger partial charge in [0, 0.05) is 4.47 Å². The van der Waals surface area contributed by atoms with Gasteiger partial charge in [0.1, 0.15) is 0 Å². The van der Waals surface area contributed by atoms with E-state index >= 15 is 0 Å². The summed E-state index contributed by atoms with van der Waals surface area (Å²) < 4.78 is 42.8. The molecule has 23 heavy (non-hydrogen) atoms. The standard InChI is InChI=1S/C14H12BrFN2O4S/c15-10-4-3-5-11(8-10)23(20,21)18-17-14(19)9-22-13-7-2-1-6-12(13)16/h1-8,18H,9H2,(H,17,19). The van der Waals surface area contributed by atoms with Gasteiger partial charge in [0.25, 0.3) is 15.9 Å². The summed E-state index contributed by atoms with van der Waals surface area (Å²) in [6.07, 6.45) is 0. The molecule has 0 aliphatic rings. The summed E-state index contributed by atoms with van der Waals surface area (Å²) in [6.45, 7) is -0.540. The van der Waals surface area contributed by atoms with Crippen LogP contribution >= 0.6 is 15.9 Å². The van der Waals surface area contributed by atoms with Gasteiger partial charge < -0.3 is 4.74 Å². The van der Waals surface area contributed by atoms with E-state index in [0.29, 0.717) is 4.47 Å². The lowest BCUT2D eigenvalue weighted by Gasteiger charge is -2.10. The van der Waals surface area contributed by atoms with Crippen LogP contribution < -0.4 is 15.0 Å². The number of nitrogens with one attached hydrogen (secondary N) is 2. The van der Waals surface area contributed by atoms with Crippen molar-refractivity contribution in [2.24, 2.45) is 0 Å². The molecule has 0 unspecified atom stereocenters. The Morgan fingerprint density at radius 2 is 1.91 bits per heavy atom. The molecular formula is C14H12BrFN2O4S. The minimum Gasteiger partial charge on any atom is -0.481 e. The largest absolute Gasteiger partial charge is 0.481 e. The van der Waals surface area contributed by atoms with Crippen molar-refractivity contribution in [3.63, 3.8) is 0 Å². The Bertz CT molecular complexity index is 814. The number of sulfonamides is 1. The van der Waals surface area contributed by atoms with Crippen LogP contribution in [-0.2, 0) is 14.8 Å².